The molecule has 88 valence electrons. The number of aryl methyl sites for hydroxylation is 1. The number of aliphatic hydroxyl groups excluding tert-OH is 2. The summed E-state index contributed by atoms with van der Waals surface area (Å²) in [6.45, 7) is 1.45. The molecule has 2 rings (SSSR count). The van der Waals surface area contributed by atoms with Crippen LogP contribution >= 0.6 is 0 Å². The Hall–Kier alpha value is -1.00. The third-order valence-electron chi connectivity index (χ3n) is 3.05. The average Bonchev–Trinajstić information content (AvgIpc) is 3.08. The normalized spacial score (nSPS) is 19.6. The van der Waals surface area contributed by atoms with E-state index in [2.05, 4.69) is 0 Å². The highest BCUT2D eigenvalue weighted by Crippen LogP contribution is 2.38. The zero-order valence-corrected chi connectivity index (χ0v) is 8.95. The van der Waals surface area contributed by atoms with E-state index in [1.54, 1.807) is 0 Å². The first kappa shape index (κ1) is 11.5. The van der Waals surface area contributed by atoms with Crippen molar-refractivity contribution in [2.24, 2.45) is 5.92 Å². The number of halogens is 2. The van der Waals surface area contributed by atoms with Crippen LogP contribution in [-0.4, -0.2) is 16.3 Å². The molecule has 2 N–H and O–H groups in total. The molecule has 1 aliphatic rings. The third-order valence-corrected chi connectivity index (χ3v) is 3.05. The van der Waals surface area contributed by atoms with E-state index in [0.29, 0.717) is 0 Å². The minimum absolute atomic E-state index is 0.0127. The molecule has 2 atom stereocenters. The molecule has 0 aliphatic heterocycles. The van der Waals surface area contributed by atoms with Crippen molar-refractivity contribution in [3.63, 3.8) is 0 Å². The van der Waals surface area contributed by atoms with Gasteiger partial charge in [0.05, 0.1) is 6.10 Å². The smallest absolute Gasteiger partial charge is 0.164 e. The minimum Gasteiger partial charge on any atom is -0.390 e. The van der Waals surface area contributed by atoms with Crippen molar-refractivity contribution in [3.8, 4) is 0 Å². The number of hydrogen-bond acceptors (Lipinski definition) is 2. The van der Waals surface area contributed by atoms with Gasteiger partial charge in [-0.3, -0.25) is 0 Å². The molecule has 4 heteroatoms. The largest absolute Gasteiger partial charge is 0.390 e. The molecular formula is C12H14F2O2. The van der Waals surface area contributed by atoms with Crippen LogP contribution in [0.25, 0.3) is 0 Å². The van der Waals surface area contributed by atoms with Crippen molar-refractivity contribution in [1.29, 1.82) is 0 Å². The molecule has 0 radical (unpaired) electrons. The summed E-state index contributed by atoms with van der Waals surface area (Å²) < 4.78 is 26.8. The Morgan fingerprint density at radius 3 is 2.38 bits per heavy atom. The lowest BCUT2D eigenvalue weighted by atomic mass is 9.99. The van der Waals surface area contributed by atoms with Gasteiger partial charge < -0.3 is 10.2 Å². The van der Waals surface area contributed by atoms with E-state index in [9.17, 15) is 19.0 Å². The zero-order chi connectivity index (χ0) is 11.9. The van der Waals surface area contributed by atoms with Crippen molar-refractivity contribution >= 4 is 0 Å². The monoisotopic (exact) mass is 228 g/mol. The highest BCUT2D eigenvalue weighted by atomic mass is 19.2. The van der Waals surface area contributed by atoms with Gasteiger partial charge in [0, 0.05) is 5.56 Å². The van der Waals surface area contributed by atoms with Crippen molar-refractivity contribution in [2.45, 2.75) is 32.0 Å². The fourth-order valence-corrected chi connectivity index (χ4v) is 1.77. The van der Waals surface area contributed by atoms with Crippen molar-refractivity contribution in [1.82, 2.24) is 0 Å². The standard InChI is InChI=1S/C12H14F2O2/c1-6-2-5-8(10(14)9(6)13)12(16)11(15)7-3-4-7/h2,5,7,11-12,15-16H,3-4H2,1H3. The molecule has 2 unspecified atom stereocenters. The predicted molar refractivity (Wildman–Crippen MR) is 54.8 cm³/mol. The first-order valence-electron chi connectivity index (χ1n) is 5.33. The molecule has 0 bridgehead atoms. The van der Waals surface area contributed by atoms with Gasteiger partial charge in [-0.2, -0.15) is 0 Å². The second-order valence-electron chi connectivity index (χ2n) is 4.37. The highest BCUT2D eigenvalue weighted by Gasteiger charge is 2.36. The Morgan fingerprint density at radius 2 is 1.81 bits per heavy atom. The van der Waals surface area contributed by atoms with Crippen LogP contribution in [0.15, 0.2) is 12.1 Å². The zero-order valence-electron chi connectivity index (χ0n) is 8.95. The summed E-state index contributed by atoms with van der Waals surface area (Å²) in [6.07, 6.45) is -0.693. The first-order chi connectivity index (χ1) is 7.52. The quantitative estimate of drug-likeness (QED) is 0.831. The Kier molecular flexibility index (Phi) is 2.95. The maximum absolute atomic E-state index is 13.5. The van der Waals surface area contributed by atoms with Gasteiger partial charge in [-0.25, -0.2) is 8.78 Å². The maximum Gasteiger partial charge on any atom is 0.164 e. The second kappa shape index (κ2) is 4.11. The molecule has 1 saturated carbocycles. The molecule has 2 nitrogen and oxygen atoms in total. The molecule has 0 spiro atoms. The van der Waals surface area contributed by atoms with Crippen LogP contribution in [0.4, 0.5) is 8.78 Å². The third kappa shape index (κ3) is 1.95. The summed E-state index contributed by atoms with van der Waals surface area (Å²) in [5.74, 6) is -2.01. The summed E-state index contributed by atoms with van der Waals surface area (Å²) in [4.78, 5) is 0. The molecule has 1 aliphatic carbocycles. The van der Waals surface area contributed by atoms with Gasteiger partial charge in [0.25, 0.3) is 0 Å². The first-order valence-corrected chi connectivity index (χ1v) is 5.33. The predicted octanol–water partition coefficient (Wildman–Crippen LogP) is 2.08. The summed E-state index contributed by atoms with van der Waals surface area (Å²) >= 11 is 0. The Labute approximate surface area is 92.5 Å². The molecule has 0 aromatic heterocycles. The van der Waals surface area contributed by atoms with Crippen molar-refractivity contribution in [2.75, 3.05) is 0 Å². The summed E-state index contributed by atoms with van der Waals surface area (Å²) in [5.41, 5.74) is 0.0249. The van der Waals surface area contributed by atoms with E-state index < -0.39 is 23.8 Å². The van der Waals surface area contributed by atoms with E-state index in [1.807, 2.05) is 0 Å². The maximum atomic E-state index is 13.5. The molecule has 1 aromatic rings. The lowest BCUT2D eigenvalue weighted by molar-refractivity contribution is 0.00256. The number of aliphatic hydroxyl groups is 2. The van der Waals surface area contributed by atoms with E-state index >= 15 is 0 Å². The van der Waals surface area contributed by atoms with Crippen LogP contribution in [0, 0.1) is 24.5 Å². The van der Waals surface area contributed by atoms with Crippen LogP contribution < -0.4 is 0 Å². The fourth-order valence-electron chi connectivity index (χ4n) is 1.77. The van der Waals surface area contributed by atoms with Crippen molar-refractivity contribution in [3.05, 3.63) is 34.9 Å². The molecule has 1 fully saturated rings. The Morgan fingerprint density at radius 1 is 1.19 bits per heavy atom. The van der Waals surface area contributed by atoms with Gasteiger partial charge in [0.15, 0.2) is 11.6 Å². The topological polar surface area (TPSA) is 40.5 Å². The number of hydrogen-bond donors (Lipinski definition) is 2. The lowest BCUT2D eigenvalue weighted by Gasteiger charge is -2.18. The van der Waals surface area contributed by atoms with Crippen LogP contribution in [0.5, 0.6) is 0 Å². The van der Waals surface area contributed by atoms with E-state index in [0.717, 1.165) is 12.8 Å². The number of rotatable bonds is 3. The molecule has 0 amide bonds. The lowest BCUT2D eigenvalue weighted by Crippen LogP contribution is -2.21. The summed E-state index contributed by atoms with van der Waals surface area (Å²) in [6, 6.07) is 2.72. The number of benzene rings is 1. The van der Waals surface area contributed by atoms with Crippen molar-refractivity contribution < 1.29 is 19.0 Å². The SMILES string of the molecule is Cc1ccc(C(O)C(O)C2CC2)c(F)c1F. The van der Waals surface area contributed by atoms with Gasteiger partial charge in [0.1, 0.15) is 6.10 Å². The van der Waals surface area contributed by atoms with Crippen LogP contribution in [0.2, 0.25) is 0 Å². The summed E-state index contributed by atoms with van der Waals surface area (Å²) in [5, 5.41) is 19.4. The minimum atomic E-state index is -1.34. The highest BCUT2D eigenvalue weighted by molar-refractivity contribution is 5.27. The van der Waals surface area contributed by atoms with E-state index in [-0.39, 0.29) is 17.0 Å². The molecular weight excluding hydrogens is 214 g/mol. The van der Waals surface area contributed by atoms with Gasteiger partial charge in [-0.15, -0.1) is 0 Å². The van der Waals surface area contributed by atoms with Gasteiger partial charge >= 0.3 is 0 Å². The average molecular weight is 228 g/mol. The molecule has 0 heterocycles. The van der Waals surface area contributed by atoms with E-state index in [4.69, 9.17) is 0 Å². The van der Waals surface area contributed by atoms with Crippen LogP contribution in [0.1, 0.15) is 30.1 Å². The fraction of sp³-hybridized carbons (Fsp3) is 0.500. The second-order valence-corrected chi connectivity index (χ2v) is 4.37. The molecule has 1 aromatic carbocycles. The Bertz CT molecular complexity index is 402. The van der Waals surface area contributed by atoms with Crippen LogP contribution in [-0.2, 0) is 0 Å². The molecule has 0 saturated heterocycles. The Balaban J connectivity index is 2.29. The van der Waals surface area contributed by atoms with Gasteiger partial charge in [0.2, 0.25) is 0 Å². The van der Waals surface area contributed by atoms with Gasteiger partial charge in [-0.05, 0) is 31.2 Å². The molecule has 16 heavy (non-hydrogen) atoms. The van der Waals surface area contributed by atoms with Crippen LogP contribution in [0.3, 0.4) is 0 Å². The van der Waals surface area contributed by atoms with E-state index in [1.165, 1.54) is 19.1 Å². The summed E-state index contributed by atoms with van der Waals surface area (Å²) in [7, 11) is 0. The van der Waals surface area contributed by atoms with Gasteiger partial charge in [-0.1, -0.05) is 12.1 Å².